The van der Waals surface area contributed by atoms with Gasteiger partial charge in [-0.25, -0.2) is 4.68 Å². The maximum absolute atomic E-state index is 13.6. The molecule has 1 atom stereocenters. The van der Waals surface area contributed by atoms with Crippen molar-refractivity contribution in [1.29, 1.82) is 0 Å². The molecular weight excluding hydrogens is 418 g/mol. The Bertz CT molecular complexity index is 1140. The van der Waals surface area contributed by atoms with Crippen LogP contribution in [0.3, 0.4) is 0 Å². The zero-order valence-electron chi connectivity index (χ0n) is 19.3. The third-order valence-corrected chi connectivity index (χ3v) is 5.90. The SMILES string of the molecule is CCOC(=O)C1CCCN(C(=O)c2cc(-c3cccc(OC)c3)nn2-c2ccc(C)cc2)C1. The number of aromatic nitrogens is 2. The van der Waals surface area contributed by atoms with E-state index in [0.717, 1.165) is 35.4 Å². The summed E-state index contributed by atoms with van der Waals surface area (Å²) in [7, 11) is 1.62. The number of nitrogens with zero attached hydrogens (tertiary/aromatic N) is 3. The highest BCUT2D eigenvalue weighted by atomic mass is 16.5. The maximum Gasteiger partial charge on any atom is 0.310 e. The fourth-order valence-corrected chi connectivity index (χ4v) is 4.12. The quantitative estimate of drug-likeness (QED) is 0.528. The van der Waals surface area contributed by atoms with Crippen LogP contribution in [0.15, 0.2) is 54.6 Å². The van der Waals surface area contributed by atoms with Crippen molar-refractivity contribution in [3.8, 4) is 22.7 Å². The normalized spacial score (nSPS) is 15.8. The van der Waals surface area contributed by atoms with Crippen LogP contribution in [0.4, 0.5) is 0 Å². The molecule has 2 aromatic carbocycles. The molecule has 7 nitrogen and oxygen atoms in total. The van der Waals surface area contributed by atoms with Crippen molar-refractivity contribution in [2.75, 3.05) is 26.8 Å². The number of piperidine rings is 1. The number of methoxy groups -OCH3 is 1. The Kier molecular flexibility index (Phi) is 6.77. The van der Waals surface area contributed by atoms with Crippen molar-refractivity contribution < 1.29 is 19.1 Å². The van der Waals surface area contributed by atoms with E-state index in [0.29, 0.717) is 31.1 Å². The molecule has 1 aliphatic rings. The zero-order chi connectivity index (χ0) is 23.4. The lowest BCUT2D eigenvalue weighted by molar-refractivity contribution is -0.149. The summed E-state index contributed by atoms with van der Waals surface area (Å²) < 4.78 is 12.2. The molecule has 1 fully saturated rings. The summed E-state index contributed by atoms with van der Waals surface area (Å²) in [6, 6.07) is 17.3. The van der Waals surface area contributed by atoms with Crippen LogP contribution in [-0.4, -0.2) is 53.4 Å². The van der Waals surface area contributed by atoms with Gasteiger partial charge in [0.05, 0.1) is 31.0 Å². The lowest BCUT2D eigenvalue weighted by Crippen LogP contribution is -2.43. The molecule has 1 saturated heterocycles. The van der Waals surface area contributed by atoms with Crippen molar-refractivity contribution >= 4 is 11.9 Å². The Morgan fingerprint density at radius 2 is 1.91 bits per heavy atom. The number of benzene rings is 2. The first kappa shape index (κ1) is 22.6. The van der Waals surface area contributed by atoms with Gasteiger partial charge in [0, 0.05) is 18.7 Å². The minimum atomic E-state index is -0.295. The highest BCUT2D eigenvalue weighted by Crippen LogP contribution is 2.27. The lowest BCUT2D eigenvalue weighted by Gasteiger charge is -2.31. The number of amides is 1. The lowest BCUT2D eigenvalue weighted by atomic mass is 9.98. The van der Waals surface area contributed by atoms with E-state index in [4.69, 9.17) is 14.6 Å². The van der Waals surface area contributed by atoms with E-state index < -0.39 is 0 Å². The average molecular weight is 448 g/mol. The zero-order valence-corrected chi connectivity index (χ0v) is 19.3. The summed E-state index contributed by atoms with van der Waals surface area (Å²) in [5, 5.41) is 4.78. The van der Waals surface area contributed by atoms with Gasteiger partial charge in [-0.1, -0.05) is 29.8 Å². The molecule has 1 amide bonds. The van der Waals surface area contributed by atoms with Gasteiger partial charge in [0.2, 0.25) is 0 Å². The second kappa shape index (κ2) is 9.90. The van der Waals surface area contributed by atoms with E-state index in [2.05, 4.69) is 0 Å². The molecule has 1 aliphatic heterocycles. The summed E-state index contributed by atoms with van der Waals surface area (Å²) in [5.74, 6) is 0.0418. The van der Waals surface area contributed by atoms with Gasteiger partial charge in [0.25, 0.3) is 5.91 Å². The predicted octanol–water partition coefficient (Wildman–Crippen LogP) is 4.27. The molecule has 0 radical (unpaired) electrons. The van der Waals surface area contributed by atoms with Crippen LogP contribution in [0, 0.1) is 12.8 Å². The van der Waals surface area contributed by atoms with Crippen LogP contribution in [-0.2, 0) is 9.53 Å². The number of carbonyl (C=O) groups is 2. The van der Waals surface area contributed by atoms with E-state index in [9.17, 15) is 9.59 Å². The van der Waals surface area contributed by atoms with Crippen molar-refractivity contribution in [2.24, 2.45) is 5.92 Å². The highest BCUT2D eigenvalue weighted by Gasteiger charge is 2.31. The van der Waals surface area contributed by atoms with Gasteiger partial charge in [-0.15, -0.1) is 0 Å². The van der Waals surface area contributed by atoms with Gasteiger partial charge in [0.15, 0.2) is 0 Å². The number of esters is 1. The fraction of sp³-hybridized carbons (Fsp3) is 0.346. The van der Waals surface area contributed by atoms with Crippen LogP contribution in [0.1, 0.15) is 35.8 Å². The number of ether oxygens (including phenoxy) is 2. The second-order valence-corrected chi connectivity index (χ2v) is 8.24. The Morgan fingerprint density at radius 1 is 1.12 bits per heavy atom. The second-order valence-electron chi connectivity index (χ2n) is 8.24. The molecule has 33 heavy (non-hydrogen) atoms. The smallest absolute Gasteiger partial charge is 0.310 e. The van der Waals surface area contributed by atoms with E-state index in [-0.39, 0.29) is 17.8 Å². The number of aryl methyl sites for hydroxylation is 1. The van der Waals surface area contributed by atoms with Gasteiger partial charge in [-0.05, 0) is 57.0 Å². The van der Waals surface area contributed by atoms with E-state index in [1.807, 2.05) is 61.5 Å². The average Bonchev–Trinajstić information content (AvgIpc) is 3.30. The van der Waals surface area contributed by atoms with Crippen molar-refractivity contribution in [3.63, 3.8) is 0 Å². The predicted molar refractivity (Wildman–Crippen MR) is 126 cm³/mol. The summed E-state index contributed by atoms with van der Waals surface area (Å²) in [4.78, 5) is 27.7. The molecule has 7 heteroatoms. The largest absolute Gasteiger partial charge is 0.497 e. The maximum atomic E-state index is 13.6. The number of rotatable bonds is 6. The van der Waals surface area contributed by atoms with Crippen LogP contribution in [0.5, 0.6) is 5.75 Å². The summed E-state index contributed by atoms with van der Waals surface area (Å²) in [6.45, 7) is 5.11. The first-order chi connectivity index (χ1) is 16.0. The summed E-state index contributed by atoms with van der Waals surface area (Å²) in [5.41, 5.74) is 3.92. The van der Waals surface area contributed by atoms with Crippen LogP contribution in [0.25, 0.3) is 16.9 Å². The molecule has 172 valence electrons. The highest BCUT2D eigenvalue weighted by molar-refractivity contribution is 5.95. The minimum Gasteiger partial charge on any atom is -0.497 e. The molecule has 0 spiro atoms. The van der Waals surface area contributed by atoms with Gasteiger partial charge in [-0.3, -0.25) is 9.59 Å². The Labute approximate surface area is 193 Å². The first-order valence-electron chi connectivity index (χ1n) is 11.3. The van der Waals surface area contributed by atoms with Gasteiger partial charge < -0.3 is 14.4 Å². The fourth-order valence-electron chi connectivity index (χ4n) is 4.12. The van der Waals surface area contributed by atoms with Crippen molar-refractivity contribution in [2.45, 2.75) is 26.7 Å². The monoisotopic (exact) mass is 447 g/mol. The van der Waals surface area contributed by atoms with Crippen molar-refractivity contribution in [3.05, 3.63) is 65.9 Å². The summed E-state index contributed by atoms with van der Waals surface area (Å²) in [6.07, 6.45) is 1.49. The van der Waals surface area contributed by atoms with Crippen LogP contribution < -0.4 is 4.74 Å². The van der Waals surface area contributed by atoms with E-state index in [1.54, 1.807) is 23.6 Å². The molecule has 3 aromatic rings. The molecule has 0 saturated carbocycles. The Morgan fingerprint density at radius 3 is 2.64 bits per heavy atom. The number of hydrogen-bond acceptors (Lipinski definition) is 5. The number of hydrogen-bond donors (Lipinski definition) is 0. The van der Waals surface area contributed by atoms with Gasteiger partial charge in [0.1, 0.15) is 11.4 Å². The summed E-state index contributed by atoms with van der Waals surface area (Å²) >= 11 is 0. The molecule has 0 bridgehead atoms. The van der Waals surface area contributed by atoms with Crippen molar-refractivity contribution in [1.82, 2.24) is 14.7 Å². The van der Waals surface area contributed by atoms with Gasteiger partial charge in [-0.2, -0.15) is 5.10 Å². The molecular formula is C26H29N3O4. The molecule has 1 aromatic heterocycles. The molecule has 2 heterocycles. The topological polar surface area (TPSA) is 73.7 Å². The van der Waals surface area contributed by atoms with Crippen LogP contribution >= 0.6 is 0 Å². The van der Waals surface area contributed by atoms with Gasteiger partial charge >= 0.3 is 5.97 Å². The standard InChI is InChI=1S/C26H29N3O4/c1-4-33-26(31)20-8-6-14-28(17-20)25(30)24-16-23(19-7-5-9-22(15-19)32-3)27-29(24)21-12-10-18(2)11-13-21/h5,7,9-13,15-16,20H,4,6,8,14,17H2,1-3H3. The first-order valence-corrected chi connectivity index (χ1v) is 11.3. The van der Waals surface area contributed by atoms with E-state index in [1.165, 1.54) is 0 Å². The molecule has 0 N–H and O–H groups in total. The minimum absolute atomic E-state index is 0.147. The Balaban J connectivity index is 1.71. The third-order valence-electron chi connectivity index (χ3n) is 5.90. The van der Waals surface area contributed by atoms with Crippen LogP contribution in [0.2, 0.25) is 0 Å². The molecule has 0 aliphatic carbocycles. The number of carbonyl (C=O) groups excluding carboxylic acids is 2. The number of likely N-dealkylation sites (tertiary alicyclic amines) is 1. The molecule has 1 unspecified atom stereocenters. The molecule has 4 rings (SSSR count). The third kappa shape index (κ3) is 4.92. The Hall–Kier alpha value is -3.61. The van der Waals surface area contributed by atoms with E-state index >= 15 is 0 Å².